The molecule has 6 nitrogen and oxygen atoms in total. The quantitative estimate of drug-likeness (QED) is 0.673. The summed E-state index contributed by atoms with van der Waals surface area (Å²) in [6, 6.07) is 13.6. The van der Waals surface area contributed by atoms with Gasteiger partial charge in [0, 0.05) is 46.1 Å². The second kappa shape index (κ2) is 9.62. The molecule has 0 saturated heterocycles. The second-order valence-corrected chi connectivity index (χ2v) is 6.69. The van der Waals surface area contributed by atoms with E-state index in [4.69, 9.17) is 0 Å². The third-order valence-corrected chi connectivity index (χ3v) is 4.30. The van der Waals surface area contributed by atoms with Gasteiger partial charge in [0.25, 0.3) is 0 Å². The van der Waals surface area contributed by atoms with E-state index in [2.05, 4.69) is 6.58 Å². The van der Waals surface area contributed by atoms with Crippen LogP contribution in [-0.4, -0.2) is 58.4 Å². The maximum atomic E-state index is 13.1. The molecule has 0 saturated carbocycles. The first-order valence-electron chi connectivity index (χ1n) is 8.91. The number of amides is 3. The summed E-state index contributed by atoms with van der Waals surface area (Å²) in [7, 11) is 5.31. The molecule has 0 fully saturated rings. The lowest BCUT2D eigenvalue weighted by molar-refractivity contribution is -0.133. The number of carbonyl (C=O) groups excluding carboxylic acids is 2. The van der Waals surface area contributed by atoms with Crippen LogP contribution < -0.4 is 0 Å². The van der Waals surface area contributed by atoms with Crippen molar-refractivity contribution in [3.05, 3.63) is 72.6 Å². The highest BCUT2D eigenvalue weighted by Gasteiger charge is 2.22. The van der Waals surface area contributed by atoms with Crippen molar-refractivity contribution >= 4 is 11.9 Å². The molecule has 0 N–H and O–H groups in total. The fourth-order valence-corrected chi connectivity index (χ4v) is 2.80. The minimum absolute atomic E-state index is 0.0142. The number of urea groups is 1. The van der Waals surface area contributed by atoms with Crippen molar-refractivity contribution in [2.24, 2.45) is 7.05 Å². The molecule has 0 atom stereocenters. The molecule has 0 aliphatic carbocycles. The van der Waals surface area contributed by atoms with Gasteiger partial charge in [-0.1, -0.05) is 36.4 Å². The van der Waals surface area contributed by atoms with Crippen molar-refractivity contribution in [2.75, 3.05) is 27.2 Å². The molecular formula is C21H28N4O2. The normalized spacial score (nSPS) is 10.3. The van der Waals surface area contributed by atoms with Crippen LogP contribution in [0.2, 0.25) is 0 Å². The van der Waals surface area contributed by atoms with Crippen LogP contribution >= 0.6 is 0 Å². The lowest BCUT2D eigenvalue weighted by Gasteiger charge is -2.29. The van der Waals surface area contributed by atoms with Crippen molar-refractivity contribution in [3.63, 3.8) is 0 Å². The summed E-state index contributed by atoms with van der Waals surface area (Å²) < 4.78 is 2.00. The van der Waals surface area contributed by atoms with Gasteiger partial charge >= 0.3 is 6.03 Å². The summed E-state index contributed by atoms with van der Waals surface area (Å²) in [5.41, 5.74) is 2.09. The molecule has 0 aliphatic rings. The van der Waals surface area contributed by atoms with E-state index in [1.54, 1.807) is 25.1 Å². The van der Waals surface area contributed by atoms with E-state index in [1.165, 1.54) is 9.80 Å². The monoisotopic (exact) mass is 368 g/mol. The number of aromatic nitrogens is 1. The average Bonchev–Trinajstić information content (AvgIpc) is 3.05. The van der Waals surface area contributed by atoms with E-state index in [1.807, 2.05) is 60.3 Å². The summed E-state index contributed by atoms with van der Waals surface area (Å²) in [5.74, 6) is -0.0999. The maximum Gasteiger partial charge on any atom is 0.320 e. The van der Waals surface area contributed by atoms with E-state index in [-0.39, 0.29) is 18.5 Å². The minimum atomic E-state index is -0.207. The Hall–Kier alpha value is -3.02. The Kier molecular flexibility index (Phi) is 7.23. The Labute approximate surface area is 161 Å². The molecule has 0 spiro atoms. The zero-order valence-electron chi connectivity index (χ0n) is 16.3. The second-order valence-electron chi connectivity index (χ2n) is 6.69. The number of carbonyl (C=O) groups is 2. The first-order valence-corrected chi connectivity index (χ1v) is 8.91. The zero-order chi connectivity index (χ0) is 19.8. The van der Waals surface area contributed by atoms with Crippen LogP contribution in [0.1, 0.15) is 11.3 Å². The van der Waals surface area contributed by atoms with Crippen LogP contribution in [-0.2, 0) is 24.9 Å². The number of benzene rings is 1. The van der Waals surface area contributed by atoms with Gasteiger partial charge in [-0.25, -0.2) is 4.79 Å². The van der Waals surface area contributed by atoms with E-state index in [0.29, 0.717) is 19.6 Å². The summed E-state index contributed by atoms with van der Waals surface area (Å²) >= 11 is 0. The van der Waals surface area contributed by atoms with Crippen LogP contribution in [0, 0.1) is 0 Å². The van der Waals surface area contributed by atoms with Gasteiger partial charge in [-0.2, -0.15) is 0 Å². The van der Waals surface area contributed by atoms with Gasteiger partial charge < -0.3 is 19.3 Å². The average molecular weight is 368 g/mol. The lowest BCUT2D eigenvalue weighted by Crippen LogP contribution is -2.46. The maximum absolute atomic E-state index is 13.1. The molecule has 1 aromatic heterocycles. The molecule has 0 radical (unpaired) electrons. The third-order valence-electron chi connectivity index (χ3n) is 4.30. The Balaban J connectivity index is 2.19. The topological polar surface area (TPSA) is 48.8 Å². The summed E-state index contributed by atoms with van der Waals surface area (Å²) in [6.07, 6.45) is 3.59. The third kappa shape index (κ3) is 5.74. The molecule has 6 heteroatoms. The highest BCUT2D eigenvalue weighted by atomic mass is 16.2. The molecule has 0 aliphatic heterocycles. The summed E-state index contributed by atoms with van der Waals surface area (Å²) in [4.78, 5) is 30.2. The molecule has 3 amide bonds. The molecule has 2 aromatic rings. The van der Waals surface area contributed by atoms with Gasteiger partial charge in [0.15, 0.2) is 0 Å². The van der Waals surface area contributed by atoms with E-state index < -0.39 is 0 Å². The molecule has 27 heavy (non-hydrogen) atoms. The Morgan fingerprint density at radius 2 is 1.74 bits per heavy atom. The first-order chi connectivity index (χ1) is 12.9. The molecule has 144 valence electrons. The Morgan fingerprint density at radius 3 is 2.30 bits per heavy atom. The largest absolute Gasteiger partial charge is 0.353 e. The van der Waals surface area contributed by atoms with Gasteiger partial charge in [0.2, 0.25) is 5.91 Å². The van der Waals surface area contributed by atoms with E-state index in [0.717, 1.165) is 11.3 Å². The highest BCUT2D eigenvalue weighted by Crippen LogP contribution is 2.12. The SMILES string of the molecule is C=CCN(CC(=O)N(Cc1ccccc1)Cc1cccn1C)C(=O)N(C)C. The lowest BCUT2D eigenvalue weighted by atomic mass is 10.2. The van der Waals surface area contributed by atoms with Crippen LogP contribution in [0.5, 0.6) is 0 Å². The molecule has 0 unspecified atom stereocenters. The van der Waals surface area contributed by atoms with Crippen LogP contribution in [0.4, 0.5) is 4.79 Å². The van der Waals surface area contributed by atoms with Gasteiger partial charge in [-0.05, 0) is 17.7 Å². The standard InChI is InChI=1S/C21H28N4O2/c1-5-13-24(21(27)22(2)3)17-20(26)25(15-18-10-7-6-8-11-18)16-19-12-9-14-23(19)4/h5-12,14H,1,13,15-17H2,2-4H3. The summed E-state index contributed by atoms with van der Waals surface area (Å²) in [5, 5.41) is 0. The predicted octanol–water partition coefficient (Wildman–Crippen LogP) is 2.72. The number of hydrogen-bond acceptors (Lipinski definition) is 2. The van der Waals surface area contributed by atoms with E-state index in [9.17, 15) is 9.59 Å². The van der Waals surface area contributed by atoms with Crippen molar-refractivity contribution in [1.29, 1.82) is 0 Å². The number of aryl methyl sites for hydroxylation is 1. The smallest absolute Gasteiger partial charge is 0.320 e. The fraction of sp³-hybridized carbons (Fsp3) is 0.333. The molecule has 2 rings (SSSR count). The van der Waals surface area contributed by atoms with Gasteiger partial charge in [0.1, 0.15) is 6.54 Å². The van der Waals surface area contributed by atoms with Crippen LogP contribution in [0.15, 0.2) is 61.3 Å². The molecular weight excluding hydrogens is 340 g/mol. The van der Waals surface area contributed by atoms with Crippen LogP contribution in [0.25, 0.3) is 0 Å². The first kappa shape index (κ1) is 20.3. The molecule has 0 bridgehead atoms. The van der Waals surface area contributed by atoms with Gasteiger partial charge in [-0.3, -0.25) is 4.79 Å². The fourth-order valence-electron chi connectivity index (χ4n) is 2.80. The van der Waals surface area contributed by atoms with Crippen LogP contribution in [0.3, 0.4) is 0 Å². The van der Waals surface area contributed by atoms with Gasteiger partial charge in [0.05, 0.1) is 6.54 Å². The predicted molar refractivity (Wildman–Crippen MR) is 107 cm³/mol. The molecule has 1 aromatic carbocycles. The number of rotatable bonds is 8. The van der Waals surface area contributed by atoms with Crippen molar-refractivity contribution < 1.29 is 9.59 Å². The summed E-state index contributed by atoms with van der Waals surface area (Å²) in [6.45, 7) is 5.00. The Bertz CT molecular complexity index is 767. The highest BCUT2D eigenvalue weighted by molar-refractivity contribution is 5.84. The Morgan fingerprint density at radius 1 is 1.04 bits per heavy atom. The molecule has 1 heterocycles. The van der Waals surface area contributed by atoms with Gasteiger partial charge in [-0.15, -0.1) is 6.58 Å². The van der Waals surface area contributed by atoms with Crippen molar-refractivity contribution in [3.8, 4) is 0 Å². The zero-order valence-corrected chi connectivity index (χ0v) is 16.3. The van der Waals surface area contributed by atoms with Crippen molar-refractivity contribution in [1.82, 2.24) is 19.3 Å². The van der Waals surface area contributed by atoms with E-state index >= 15 is 0 Å². The number of nitrogens with zero attached hydrogens (tertiary/aromatic N) is 4. The van der Waals surface area contributed by atoms with Crippen molar-refractivity contribution in [2.45, 2.75) is 13.1 Å². The minimum Gasteiger partial charge on any atom is -0.353 e. The number of hydrogen-bond donors (Lipinski definition) is 0.